The fourth-order valence-corrected chi connectivity index (χ4v) is 3.25. The minimum atomic E-state index is 0. The number of rotatable bonds is 7. The Bertz CT molecular complexity index is 669. The molecule has 0 radical (unpaired) electrons. The van der Waals surface area contributed by atoms with Crippen molar-refractivity contribution in [2.75, 3.05) is 20.6 Å². The number of halogens is 1. The molecule has 0 amide bonds. The zero-order chi connectivity index (χ0) is 17.4. The van der Waals surface area contributed by atoms with E-state index in [1.165, 1.54) is 20.9 Å². The Hall–Kier alpha value is -1.12. The summed E-state index contributed by atoms with van der Waals surface area (Å²) in [6.45, 7) is 7.92. The van der Waals surface area contributed by atoms with Gasteiger partial charge in [-0.25, -0.2) is 0 Å². The third-order valence-electron chi connectivity index (χ3n) is 3.89. The summed E-state index contributed by atoms with van der Waals surface area (Å²) in [5.41, 5.74) is 2.61. The molecule has 25 heavy (non-hydrogen) atoms. The van der Waals surface area contributed by atoms with Gasteiger partial charge in [-0.05, 0) is 43.8 Å². The zero-order valence-corrected chi connectivity index (χ0v) is 18.7. The summed E-state index contributed by atoms with van der Waals surface area (Å²) in [7, 11) is 3.95. The number of benzene rings is 1. The number of aryl methyl sites for hydroxylation is 1. The molecule has 1 aromatic carbocycles. The second-order valence-corrected chi connectivity index (χ2v) is 7.31. The second-order valence-electron chi connectivity index (χ2n) is 5.94. The van der Waals surface area contributed by atoms with Gasteiger partial charge in [0.15, 0.2) is 5.96 Å². The molecular formula is C19H29IN4S. The molecule has 0 saturated heterocycles. The normalized spacial score (nSPS) is 11.3. The van der Waals surface area contributed by atoms with Gasteiger partial charge in [0, 0.05) is 29.9 Å². The Labute approximate surface area is 172 Å². The zero-order valence-electron chi connectivity index (χ0n) is 15.5. The van der Waals surface area contributed by atoms with E-state index in [2.05, 4.69) is 77.8 Å². The minimum Gasteiger partial charge on any atom is -0.352 e. The van der Waals surface area contributed by atoms with Crippen LogP contribution in [0.15, 0.2) is 41.4 Å². The van der Waals surface area contributed by atoms with Crippen molar-refractivity contribution in [2.24, 2.45) is 4.99 Å². The van der Waals surface area contributed by atoms with Gasteiger partial charge in [0.2, 0.25) is 0 Å². The lowest BCUT2D eigenvalue weighted by atomic mass is 10.1. The van der Waals surface area contributed by atoms with Crippen molar-refractivity contribution in [3.63, 3.8) is 0 Å². The molecule has 0 aliphatic heterocycles. The monoisotopic (exact) mass is 472 g/mol. The first-order valence-electron chi connectivity index (χ1n) is 8.37. The van der Waals surface area contributed by atoms with Crippen LogP contribution in [0.25, 0.3) is 0 Å². The molecule has 2 N–H and O–H groups in total. The predicted octanol–water partition coefficient (Wildman–Crippen LogP) is 3.99. The summed E-state index contributed by atoms with van der Waals surface area (Å²) >= 11 is 1.81. The van der Waals surface area contributed by atoms with E-state index in [1.54, 1.807) is 0 Å². The highest BCUT2D eigenvalue weighted by molar-refractivity contribution is 14.0. The molecule has 0 unspecified atom stereocenters. The minimum absolute atomic E-state index is 0. The van der Waals surface area contributed by atoms with Crippen molar-refractivity contribution >= 4 is 41.3 Å². The molecule has 0 aliphatic rings. The van der Waals surface area contributed by atoms with Gasteiger partial charge in [-0.2, -0.15) is 0 Å². The maximum absolute atomic E-state index is 4.30. The lowest BCUT2D eigenvalue weighted by Gasteiger charge is -2.15. The number of nitrogens with zero attached hydrogens (tertiary/aromatic N) is 2. The summed E-state index contributed by atoms with van der Waals surface area (Å²) in [6.07, 6.45) is 0. The smallest absolute Gasteiger partial charge is 0.191 e. The molecule has 0 atom stereocenters. The Balaban J connectivity index is 0.00000312. The van der Waals surface area contributed by atoms with E-state index in [9.17, 15) is 0 Å². The molecule has 2 rings (SSSR count). The van der Waals surface area contributed by atoms with Crippen LogP contribution in [0.4, 0.5) is 0 Å². The summed E-state index contributed by atoms with van der Waals surface area (Å²) < 4.78 is 0. The molecule has 0 spiro atoms. The van der Waals surface area contributed by atoms with Crippen LogP contribution >= 0.6 is 35.3 Å². The summed E-state index contributed by atoms with van der Waals surface area (Å²) in [6, 6.07) is 13.0. The van der Waals surface area contributed by atoms with E-state index in [0.29, 0.717) is 0 Å². The van der Waals surface area contributed by atoms with Crippen molar-refractivity contribution in [2.45, 2.75) is 33.5 Å². The first kappa shape index (κ1) is 21.9. The number of aliphatic imine (C=N–C) groups is 1. The fraction of sp³-hybridized carbons (Fsp3) is 0.421. The van der Waals surface area contributed by atoms with E-state index in [1.807, 2.05) is 18.4 Å². The van der Waals surface area contributed by atoms with Gasteiger partial charge in [-0.3, -0.25) is 4.99 Å². The van der Waals surface area contributed by atoms with E-state index >= 15 is 0 Å². The maximum atomic E-state index is 4.30. The van der Waals surface area contributed by atoms with Crippen molar-refractivity contribution in [3.8, 4) is 0 Å². The van der Waals surface area contributed by atoms with Crippen LogP contribution in [0.2, 0.25) is 0 Å². The average Bonchev–Trinajstić information content (AvgIpc) is 3.00. The van der Waals surface area contributed by atoms with Gasteiger partial charge in [0.1, 0.15) is 0 Å². The molecule has 0 saturated carbocycles. The molecule has 1 aromatic heterocycles. The third kappa shape index (κ3) is 7.75. The van der Waals surface area contributed by atoms with Crippen molar-refractivity contribution in [3.05, 3.63) is 57.3 Å². The van der Waals surface area contributed by atoms with Crippen LogP contribution in [0, 0.1) is 6.92 Å². The highest BCUT2D eigenvalue weighted by Gasteiger charge is 2.03. The van der Waals surface area contributed by atoms with Gasteiger partial charge in [0.25, 0.3) is 0 Å². The molecule has 2 aromatic rings. The Morgan fingerprint density at radius 3 is 2.48 bits per heavy atom. The lowest BCUT2D eigenvalue weighted by molar-refractivity contribution is 0.345. The van der Waals surface area contributed by atoms with Crippen molar-refractivity contribution < 1.29 is 0 Å². The number of guanidine groups is 1. The van der Waals surface area contributed by atoms with Gasteiger partial charge in [-0.15, -0.1) is 35.3 Å². The third-order valence-corrected chi connectivity index (χ3v) is 4.89. The number of hydrogen-bond donors (Lipinski definition) is 2. The lowest BCUT2D eigenvalue weighted by Crippen LogP contribution is -2.36. The van der Waals surface area contributed by atoms with Gasteiger partial charge in [0.05, 0.1) is 6.54 Å². The summed E-state index contributed by atoms with van der Waals surface area (Å²) in [5, 5.41) is 6.75. The van der Waals surface area contributed by atoms with Crippen molar-refractivity contribution in [1.82, 2.24) is 15.5 Å². The number of hydrogen-bond acceptors (Lipinski definition) is 3. The number of nitrogens with one attached hydrogen (secondary N) is 2. The topological polar surface area (TPSA) is 39.7 Å². The van der Waals surface area contributed by atoms with E-state index in [0.717, 1.165) is 32.1 Å². The Morgan fingerprint density at radius 2 is 1.84 bits per heavy atom. The largest absolute Gasteiger partial charge is 0.352 e. The average molecular weight is 472 g/mol. The second kappa shape index (κ2) is 11.5. The Kier molecular flexibility index (Phi) is 10.1. The van der Waals surface area contributed by atoms with Crippen LogP contribution < -0.4 is 10.6 Å². The van der Waals surface area contributed by atoms with Crippen LogP contribution in [0.5, 0.6) is 0 Å². The predicted molar refractivity (Wildman–Crippen MR) is 120 cm³/mol. The fourth-order valence-electron chi connectivity index (χ4n) is 2.42. The molecule has 0 fully saturated rings. The van der Waals surface area contributed by atoms with E-state index in [4.69, 9.17) is 0 Å². The molecule has 0 aliphatic carbocycles. The van der Waals surface area contributed by atoms with Gasteiger partial charge < -0.3 is 15.5 Å². The van der Waals surface area contributed by atoms with Gasteiger partial charge in [-0.1, -0.05) is 31.2 Å². The highest BCUT2D eigenvalue weighted by atomic mass is 127. The number of thiophene rings is 1. The highest BCUT2D eigenvalue weighted by Crippen LogP contribution is 2.14. The first-order chi connectivity index (χ1) is 11.6. The Morgan fingerprint density at radius 1 is 1.12 bits per heavy atom. The van der Waals surface area contributed by atoms with Gasteiger partial charge >= 0.3 is 0 Å². The van der Waals surface area contributed by atoms with E-state index < -0.39 is 0 Å². The van der Waals surface area contributed by atoms with Crippen molar-refractivity contribution in [1.29, 1.82) is 0 Å². The molecule has 4 nitrogen and oxygen atoms in total. The maximum Gasteiger partial charge on any atom is 0.191 e. The summed E-state index contributed by atoms with van der Waals surface area (Å²) in [4.78, 5) is 9.26. The first-order valence-corrected chi connectivity index (χ1v) is 9.18. The van der Waals surface area contributed by atoms with Crippen LogP contribution in [-0.2, 0) is 19.6 Å². The SMILES string of the molecule is CCN(C)Cc1cccc(CNC(=NC)NCc2ccc(C)s2)c1.I. The van der Waals surface area contributed by atoms with Crippen LogP contribution in [0.1, 0.15) is 27.8 Å². The van der Waals surface area contributed by atoms with Crippen LogP contribution in [0.3, 0.4) is 0 Å². The molecule has 1 heterocycles. The van der Waals surface area contributed by atoms with Crippen LogP contribution in [-0.4, -0.2) is 31.5 Å². The molecular weight excluding hydrogens is 443 g/mol. The standard InChI is InChI=1S/C19H28N4S.HI/c1-5-23(4)14-17-8-6-7-16(11-17)12-21-19(20-3)22-13-18-10-9-15(2)24-18;/h6-11H,5,12-14H2,1-4H3,(H2,20,21,22);1H. The quantitative estimate of drug-likeness (QED) is 0.364. The molecule has 6 heteroatoms. The summed E-state index contributed by atoms with van der Waals surface area (Å²) in [5.74, 6) is 0.831. The van der Waals surface area contributed by atoms with E-state index in [-0.39, 0.29) is 24.0 Å². The molecule has 0 bridgehead atoms. The molecule has 138 valence electrons.